The predicted molar refractivity (Wildman–Crippen MR) is 225 cm³/mol. The molecule has 15 nitrogen and oxygen atoms in total. The Bertz CT molecular complexity index is 1850. The number of hydrogen-bond donors (Lipinski definition) is 1. The average Bonchev–Trinajstić information content (AvgIpc) is 3.23. The van der Waals surface area contributed by atoms with Crippen molar-refractivity contribution in [3.63, 3.8) is 0 Å². The van der Waals surface area contributed by atoms with Gasteiger partial charge in [0.2, 0.25) is 10.0 Å². The van der Waals surface area contributed by atoms with Gasteiger partial charge in [0.25, 0.3) is 5.91 Å². The second-order valence-electron chi connectivity index (χ2n) is 14.8. The third kappa shape index (κ3) is 18.1. The minimum Gasteiger partial charge on any atom is -0.491 e. The van der Waals surface area contributed by atoms with Gasteiger partial charge in [0.15, 0.2) is 11.1 Å². The standard InChI is InChI=1S/C43H60N2O13S2/c1-34-5-13-39(14-6-34)59(48)57-32-30-55-28-26-53-24-22-51-21-23-52-25-27-54-29-31-56-38-11-7-35(8-12-38)36-17-19-45(20-18-36)60(49,50)40-15-9-37(10-16-40)42(47)44-33-41(46)58-43(2,3)4/h5-16,36H,17-33H2,1-4H3,(H,44,47). The lowest BCUT2D eigenvalue weighted by molar-refractivity contribution is -0.153. The Morgan fingerprint density at radius 1 is 0.700 bits per heavy atom. The molecule has 1 aliphatic rings. The number of piperidine rings is 1. The van der Waals surface area contributed by atoms with Crippen LogP contribution in [0.2, 0.25) is 0 Å². The van der Waals surface area contributed by atoms with Gasteiger partial charge in [-0.3, -0.25) is 13.8 Å². The van der Waals surface area contributed by atoms with Gasteiger partial charge >= 0.3 is 5.97 Å². The molecule has 1 atom stereocenters. The SMILES string of the molecule is Cc1ccc(S(=O)OCCOCCOCCOCCOCCOCCOc2ccc(C3CCN(S(=O)(=O)c4ccc(C(=O)NCC(=O)OC(C)(C)C)cc4)CC3)cc2)cc1. The second-order valence-corrected chi connectivity index (χ2v) is 17.9. The molecule has 1 unspecified atom stereocenters. The molecule has 0 spiro atoms. The highest BCUT2D eigenvalue weighted by Gasteiger charge is 2.30. The molecule has 332 valence electrons. The number of nitrogens with one attached hydrogen (secondary N) is 1. The van der Waals surface area contributed by atoms with E-state index in [4.69, 9.17) is 37.3 Å². The van der Waals surface area contributed by atoms with Crippen molar-refractivity contribution >= 4 is 33.0 Å². The Kier molecular flexibility index (Phi) is 21.1. The summed E-state index contributed by atoms with van der Waals surface area (Å²) in [5, 5.41) is 2.50. The lowest BCUT2D eigenvalue weighted by Gasteiger charge is -2.31. The van der Waals surface area contributed by atoms with Gasteiger partial charge in [0.05, 0.1) is 82.5 Å². The number of ether oxygens (including phenoxy) is 7. The number of rotatable bonds is 27. The largest absolute Gasteiger partial charge is 0.491 e. The maximum absolute atomic E-state index is 13.4. The highest BCUT2D eigenvalue weighted by Crippen LogP contribution is 2.32. The molecular weight excluding hydrogens is 817 g/mol. The fourth-order valence-corrected chi connectivity index (χ4v) is 8.09. The molecule has 0 bridgehead atoms. The molecule has 4 rings (SSSR count). The van der Waals surface area contributed by atoms with Gasteiger partial charge in [-0.05, 0) is 101 Å². The molecule has 60 heavy (non-hydrogen) atoms. The number of amides is 1. The highest BCUT2D eigenvalue weighted by atomic mass is 32.2. The number of carbonyl (C=O) groups is 2. The van der Waals surface area contributed by atoms with E-state index < -0.39 is 38.6 Å². The molecule has 0 aromatic heterocycles. The van der Waals surface area contributed by atoms with Gasteiger partial charge in [-0.1, -0.05) is 29.8 Å². The average molecular weight is 877 g/mol. The van der Waals surface area contributed by atoms with Crippen molar-refractivity contribution in [2.45, 2.75) is 61.8 Å². The first-order valence-corrected chi connectivity index (χ1v) is 22.7. The van der Waals surface area contributed by atoms with Crippen LogP contribution in [0.25, 0.3) is 0 Å². The van der Waals surface area contributed by atoms with Crippen LogP contribution >= 0.6 is 0 Å². The molecular formula is C43H60N2O13S2. The zero-order valence-corrected chi connectivity index (χ0v) is 36.7. The number of hydrogen-bond acceptors (Lipinski definition) is 13. The fourth-order valence-electron chi connectivity index (χ4n) is 5.91. The van der Waals surface area contributed by atoms with Gasteiger partial charge in [0.1, 0.15) is 24.5 Å². The smallest absolute Gasteiger partial charge is 0.325 e. The molecule has 0 radical (unpaired) electrons. The number of benzene rings is 3. The summed E-state index contributed by atoms with van der Waals surface area (Å²) >= 11 is -1.50. The Morgan fingerprint density at radius 2 is 1.20 bits per heavy atom. The summed E-state index contributed by atoms with van der Waals surface area (Å²) in [5.74, 6) is -0.107. The van der Waals surface area contributed by atoms with Crippen LogP contribution in [0.3, 0.4) is 0 Å². The van der Waals surface area contributed by atoms with Crippen LogP contribution in [-0.2, 0) is 58.5 Å². The monoisotopic (exact) mass is 876 g/mol. The van der Waals surface area contributed by atoms with Crippen LogP contribution < -0.4 is 10.1 Å². The molecule has 1 saturated heterocycles. The highest BCUT2D eigenvalue weighted by molar-refractivity contribution is 7.89. The topological polar surface area (TPSA) is 174 Å². The van der Waals surface area contributed by atoms with Crippen LogP contribution in [0.1, 0.15) is 61.0 Å². The Labute approximate surface area is 357 Å². The Hall–Kier alpha value is -3.78. The Balaban J connectivity index is 0.962. The summed E-state index contributed by atoms with van der Waals surface area (Å²) in [7, 11) is -3.73. The van der Waals surface area contributed by atoms with Gasteiger partial charge in [0, 0.05) is 18.7 Å². The summed E-state index contributed by atoms with van der Waals surface area (Å²) in [6.45, 7) is 12.5. The second kappa shape index (κ2) is 25.9. The third-order valence-corrected chi connectivity index (χ3v) is 11.9. The summed E-state index contributed by atoms with van der Waals surface area (Å²) in [6, 6.07) is 21.0. The zero-order valence-electron chi connectivity index (χ0n) is 35.1. The van der Waals surface area contributed by atoms with Crippen molar-refractivity contribution in [3.05, 3.63) is 89.5 Å². The van der Waals surface area contributed by atoms with E-state index in [1.807, 2.05) is 43.3 Å². The van der Waals surface area contributed by atoms with Crippen LogP contribution in [0.15, 0.2) is 82.6 Å². The van der Waals surface area contributed by atoms with Crippen molar-refractivity contribution in [2.24, 2.45) is 0 Å². The van der Waals surface area contributed by atoms with E-state index in [1.165, 1.54) is 28.6 Å². The predicted octanol–water partition coefficient (Wildman–Crippen LogP) is 4.84. The lowest BCUT2D eigenvalue weighted by Crippen LogP contribution is -2.38. The molecule has 1 aliphatic heterocycles. The molecule has 1 amide bonds. The molecule has 3 aromatic rings. The molecule has 3 aromatic carbocycles. The van der Waals surface area contributed by atoms with E-state index >= 15 is 0 Å². The van der Waals surface area contributed by atoms with Crippen molar-refractivity contribution in [1.82, 2.24) is 9.62 Å². The quantitative estimate of drug-likeness (QED) is 0.0816. The van der Waals surface area contributed by atoms with E-state index in [2.05, 4.69) is 5.32 Å². The molecule has 1 heterocycles. The first-order chi connectivity index (χ1) is 28.8. The summed E-state index contributed by atoms with van der Waals surface area (Å²) in [5.41, 5.74) is 1.81. The molecule has 1 N–H and O–H groups in total. The molecule has 1 fully saturated rings. The maximum atomic E-state index is 13.4. The first kappa shape index (κ1) is 48.9. The molecule has 0 saturated carbocycles. The van der Waals surface area contributed by atoms with Crippen molar-refractivity contribution in [3.8, 4) is 5.75 Å². The van der Waals surface area contributed by atoms with Crippen molar-refractivity contribution in [2.75, 3.05) is 98.9 Å². The first-order valence-electron chi connectivity index (χ1n) is 20.2. The van der Waals surface area contributed by atoms with Crippen molar-refractivity contribution < 1.29 is 59.6 Å². The van der Waals surface area contributed by atoms with E-state index in [9.17, 15) is 22.2 Å². The summed E-state index contributed by atoms with van der Waals surface area (Å²) in [6.07, 6.45) is 1.36. The van der Waals surface area contributed by atoms with E-state index in [1.54, 1.807) is 32.9 Å². The van der Waals surface area contributed by atoms with Crippen LogP contribution in [0.5, 0.6) is 5.75 Å². The van der Waals surface area contributed by atoms with Crippen molar-refractivity contribution in [1.29, 1.82) is 0 Å². The lowest BCUT2D eigenvalue weighted by atomic mass is 9.90. The van der Waals surface area contributed by atoms with Gasteiger partial charge in [-0.25, -0.2) is 12.6 Å². The minimum absolute atomic E-state index is 0.111. The minimum atomic E-state index is -3.73. The van der Waals surface area contributed by atoms with E-state index in [0.717, 1.165) is 16.9 Å². The fraction of sp³-hybridized carbons (Fsp3) is 0.535. The van der Waals surface area contributed by atoms with Gasteiger partial charge < -0.3 is 38.5 Å². The summed E-state index contributed by atoms with van der Waals surface area (Å²) < 4.78 is 84.1. The number of aryl methyl sites for hydroxylation is 1. The van der Waals surface area contributed by atoms with Gasteiger partial charge in [-0.2, -0.15) is 4.31 Å². The number of sulfonamides is 1. The third-order valence-electron chi connectivity index (χ3n) is 8.99. The molecule has 0 aliphatic carbocycles. The summed E-state index contributed by atoms with van der Waals surface area (Å²) in [4.78, 5) is 25.1. The van der Waals surface area contributed by atoms with E-state index in [-0.39, 0.29) is 29.5 Å². The van der Waals surface area contributed by atoms with Crippen LogP contribution in [0.4, 0.5) is 0 Å². The number of carbonyl (C=O) groups excluding carboxylic acids is 2. The normalized spacial score (nSPS) is 14.5. The zero-order chi connectivity index (χ0) is 43.2. The van der Waals surface area contributed by atoms with Crippen LogP contribution in [0, 0.1) is 6.92 Å². The van der Waals surface area contributed by atoms with Gasteiger partial charge in [-0.15, -0.1) is 0 Å². The van der Waals surface area contributed by atoms with E-state index in [0.29, 0.717) is 104 Å². The maximum Gasteiger partial charge on any atom is 0.325 e. The number of esters is 1. The van der Waals surface area contributed by atoms with Crippen LogP contribution in [-0.4, -0.2) is 133 Å². The number of nitrogens with zero attached hydrogens (tertiary/aromatic N) is 1. The Morgan fingerprint density at radius 3 is 1.72 bits per heavy atom. The molecule has 17 heteroatoms.